The molecule has 25 heavy (non-hydrogen) atoms. The third-order valence-corrected chi connectivity index (χ3v) is 3.58. The maximum Gasteiger partial charge on any atom is 0.225 e. The quantitative estimate of drug-likeness (QED) is 0.718. The molecule has 0 aliphatic heterocycles. The van der Waals surface area contributed by atoms with Crippen LogP contribution in [0.15, 0.2) is 54.9 Å². The molecule has 5 nitrogen and oxygen atoms in total. The molecule has 0 radical (unpaired) electrons. The van der Waals surface area contributed by atoms with E-state index in [2.05, 4.69) is 59.3 Å². The van der Waals surface area contributed by atoms with E-state index in [1.165, 1.54) is 0 Å². The lowest BCUT2D eigenvalue weighted by molar-refractivity contribution is 0.626. The molecule has 0 bridgehead atoms. The molecule has 1 aromatic carbocycles. The minimum atomic E-state index is -0.131. The average Bonchev–Trinajstić information content (AvgIpc) is 2.56. The van der Waals surface area contributed by atoms with Crippen molar-refractivity contribution in [3.8, 4) is 11.3 Å². The molecule has 0 saturated heterocycles. The van der Waals surface area contributed by atoms with Crippen molar-refractivity contribution >= 4 is 17.5 Å². The molecule has 5 heteroatoms. The molecule has 0 fully saturated rings. The van der Waals surface area contributed by atoms with E-state index in [1.54, 1.807) is 12.4 Å². The first-order chi connectivity index (χ1) is 11.9. The number of nitrogens with one attached hydrogen (secondary N) is 2. The summed E-state index contributed by atoms with van der Waals surface area (Å²) in [6, 6.07) is 14.0. The van der Waals surface area contributed by atoms with Gasteiger partial charge < -0.3 is 10.6 Å². The van der Waals surface area contributed by atoms with Crippen molar-refractivity contribution in [2.45, 2.75) is 33.2 Å². The third kappa shape index (κ3) is 4.53. The SMILES string of the molecule is Cc1ccccc1Nc1cc(-c2cccnc2)nc(NC(C)(C)C)n1. The highest BCUT2D eigenvalue weighted by atomic mass is 15.2. The molecule has 2 aromatic heterocycles. The van der Waals surface area contributed by atoms with Gasteiger partial charge in [-0.1, -0.05) is 18.2 Å². The normalized spacial score (nSPS) is 11.2. The summed E-state index contributed by atoms with van der Waals surface area (Å²) in [5.74, 6) is 1.33. The van der Waals surface area contributed by atoms with Gasteiger partial charge in [0.05, 0.1) is 5.69 Å². The molecule has 2 heterocycles. The van der Waals surface area contributed by atoms with E-state index in [-0.39, 0.29) is 5.54 Å². The van der Waals surface area contributed by atoms with Crippen molar-refractivity contribution in [3.63, 3.8) is 0 Å². The monoisotopic (exact) mass is 333 g/mol. The van der Waals surface area contributed by atoms with Crippen molar-refractivity contribution in [2.24, 2.45) is 0 Å². The van der Waals surface area contributed by atoms with Crippen LogP contribution in [0.1, 0.15) is 26.3 Å². The van der Waals surface area contributed by atoms with E-state index >= 15 is 0 Å². The van der Waals surface area contributed by atoms with Crippen molar-refractivity contribution in [3.05, 3.63) is 60.4 Å². The average molecular weight is 333 g/mol. The summed E-state index contributed by atoms with van der Waals surface area (Å²) in [5.41, 5.74) is 3.84. The molecule has 0 saturated carbocycles. The van der Waals surface area contributed by atoms with Gasteiger partial charge in [-0.25, -0.2) is 4.98 Å². The molecule has 2 N–H and O–H groups in total. The standard InChI is InChI=1S/C20H23N5/c1-14-8-5-6-10-16(14)22-18-12-17(15-9-7-11-21-13-15)23-19(24-18)25-20(2,3)4/h5-13H,1-4H3,(H2,22,23,24,25). The maximum atomic E-state index is 4.65. The number of pyridine rings is 1. The van der Waals surface area contributed by atoms with E-state index in [4.69, 9.17) is 0 Å². The number of anilines is 3. The zero-order valence-electron chi connectivity index (χ0n) is 15.0. The summed E-state index contributed by atoms with van der Waals surface area (Å²) < 4.78 is 0. The van der Waals surface area contributed by atoms with Crippen molar-refractivity contribution < 1.29 is 0 Å². The third-order valence-electron chi connectivity index (χ3n) is 3.58. The fraction of sp³-hybridized carbons (Fsp3) is 0.250. The first kappa shape index (κ1) is 16.9. The second kappa shape index (κ2) is 6.89. The van der Waals surface area contributed by atoms with Crippen LogP contribution < -0.4 is 10.6 Å². The summed E-state index contributed by atoms with van der Waals surface area (Å²) in [6.45, 7) is 8.32. The lowest BCUT2D eigenvalue weighted by Gasteiger charge is -2.21. The van der Waals surface area contributed by atoms with E-state index in [0.29, 0.717) is 5.95 Å². The lowest BCUT2D eigenvalue weighted by atomic mass is 10.1. The van der Waals surface area contributed by atoms with Crippen molar-refractivity contribution in [1.29, 1.82) is 0 Å². The van der Waals surface area contributed by atoms with Crippen LogP contribution in [0.2, 0.25) is 0 Å². The largest absolute Gasteiger partial charge is 0.350 e. The van der Waals surface area contributed by atoms with Crippen LogP contribution in [0.5, 0.6) is 0 Å². The Hall–Kier alpha value is -2.95. The van der Waals surface area contributed by atoms with E-state index < -0.39 is 0 Å². The Kier molecular flexibility index (Phi) is 4.65. The lowest BCUT2D eigenvalue weighted by Crippen LogP contribution is -2.27. The zero-order valence-corrected chi connectivity index (χ0v) is 15.0. The summed E-state index contributed by atoms with van der Waals surface area (Å²) >= 11 is 0. The molecule has 0 aliphatic rings. The minimum Gasteiger partial charge on any atom is -0.350 e. The van der Waals surface area contributed by atoms with Crippen LogP contribution in [-0.4, -0.2) is 20.5 Å². The number of para-hydroxylation sites is 1. The number of aryl methyl sites for hydroxylation is 1. The first-order valence-electron chi connectivity index (χ1n) is 8.31. The fourth-order valence-electron chi connectivity index (χ4n) is 2.42. The van der Waals surface area contributed by atoms with Gasteiger partial charge in [-0.15, -0.1) is 0 Å². The van der Waals surface area contributed by atoms with Crippen molar-refractivity contribution in [2.75, 3.05) is 10.6 Å². The minimum absolute atomic E-state index is 0.131. The summed E-state index contributed by atoms with van der Waals surface area (Å²) in [5, 5.41) is 6.75. The van der Waals surface area contributed by atoms with Gasteiger partial charge >= 0.3 is 0 Å². The fourth-order valence-corrected chi connectivity index (χ4v) is 2.42. The summed E-state index contributed by atoms with van der Waals surface area (Å²) in [7, 11) is 0. The molecule has 3 rings (SSSR count). The van der Waals surface area contributed by atoms with Gasteiger partial charge in [0.2, 0.25) is 5.95 Å². The van der Waals surface area contributed by atoms with Gasteiger partial charge in [-0.3, -0.25) is 4.98 Å². The Bertz CT molecular complexity index is 853. The van der Waals surface area contributed by atoms with E-state index in [9.17, 15) is 0 Å². The molecule has 0 unspecified atom stereocenters. The van der Waals surface area contributed by atoms with Gasteiger partial charge in [-0.2, -0.15) is 4.98 Å². The maximum absolute atomic E-state index is 4.65. The second-order valence-corrected chi connectivity index (χ2v) is 7.02. The van der Waals surface area contributed by atoms with Gasteiger partial charge in [0, 0.05) is 35.2 Å². The number of rotatable bonds is 4. The van der Waals surface area contributed by atoms with Crippen LogP contribution in [0.25, 0.3) is 11.3 Å². The number of hydrogen-bond donors (Lipinski definition) is 2. The Morgan fingerprint density at radius 2 is 1.76 bits per heavy atom. The van der Waals surface area contributed by atoms with E-state index in [1.807, 2.05) is 36.4 Å². The molecule has 0 atom stereocenters. The van der Waals surface area contributed by atoms with E-state index in [0.717, 1.165) is 28.3 Å². The number of hydrogen-bond acceptors (Lipinski definition) is 5. The summed E-state index contributed by atoms with van der Waals surface area (Å²) in [6.07, 6.45) is 3.56. The van der Waals surface area contributed by atoms with Crippen LogP contribution in [0.3, 0.4) is 0 Å². The number of aromatic nitrogens is 3. The smallest absolute Gasteiger partial charge is 0.225 e. The second-order valence-electron chi connectivity index (χ2n) is 7.02. The molecule has 0 amide bonds. The zero-order chi connectivity index (χ0) is 17.9. The summed E-state index contributed by atoms with van der Waals surface area (Å²) in [4.78, 5) is 13.5. The molecular formula is C20H23N5. The molecule has 128 valence electrons. The topological polar surface area (TPSA) is 62.7 Å². The Balaban J connectivity index is 2.02. The first-order valence-corrected chi connectivity index (χ1v) is 8.31. The van der Waals surface area contributed by atoms with Gasteiger partial charge in [-0.05, 0) is 51.5 Å². The van der Waals surface area contributed by atoms with Crippen LogP contribution in [0.4, 0.5) is 17.5 Å². The highest BCUT2D eigenvalue weighted by Gasteiger charge is 2.14. The Labute approximate surface area is 148 Å². The van der Waals surface area contributed by atoms with Crippen molar-refractivity contribution in [1.82, 2.24) is 15.0 Å². The van der Waals surface area contributed by atoms with Crippen LogP contribution in [-0.2, 0) is 0 Å². The Morgan fingerprint density at radius 3 is 2.44 bits per heavy atom. The highest BCUT2D eigenvalue weighted by molar-refractivity contribution is 5.68. The number of benzene rings is 1. The van der Waals surface area contributed by atoms with Gasteiger partial charge in [0.1, 0.15) is 5.82 Å². The highest BCUT2D eigenvalue weighted by Crippen LogP contribution is 2.25. The van der Waals surface area contributed by atoms with Crippen LogP contribution >= 0.6 is 0 Å². The molecule has 0 aliphatic carbocycles. The molecule has 3 aromatic rings. The van der Waals surface area contributed by atoms with Gasteiger partial charge in [0.25, 0.3) is 0 Å². The molecule has 0 spiro atoms. The number of nitrogens with zero attached hydrogens (tertiary/aromatic N) is 3. The van der Waals surface area contributed by atoms with Crippen LogP contribution in [0, 0.1) is 6.92 Å². The van der Waals surface area contributed by atoms with Gasteiger partial charge in [0.15, 0.2) is 0 Å². The Morgan fingerprint density at radius 1 is 0.960 bits per heavy atom. The molecular weight excluding hydrogens is 310 g/mol. The predicted molar refractivity (Wildman–Crippen MR) is 103 cm³/mol. The predicted octanol–water partition coefficient (Wildman–Crippen LogP) is 4.80.